The Morgan fingerprint density at radius 3 is 2.74 bits per heavy atom. The first-order valence-corrected chi connectivity index (χ1v) is 14.0. The van der Waals surface area contributed by atoms with Crippen molar-refractivity contribution < 1.29 is 21.9 Å². The molecule has 0 saturated carbocycles. The molecule has 1 aliphatic rings. The van der Waals surface area contributed by atoms with Crippen molar-refractivity contribution in [1.29, 1.82) is 0 Å². The summed E-state index contributed by atoms with van der Waals surface area (Å²) in [6.07, 6.45) is 1.42. The third-order valence-electron chi connectivity index (χ3n) is 6.29. The van der Waals surface area contributed by atoms with Crippen LogP contribution in [-0.2, 0) is 14.8 Å². The van der Waals surface area contributed by atoms with Crippen LogP contribution in [0.1, 0.15) is 13.3 Å². The molecule has 0 bridgehead atoms. The molecule has 4 heterocycles. The summed E-state index contributed by atoms with van der Waals surface area (Å²) in [4.78, 5) is 20.5. The van der Waals surface area contributed by atoms with Crippen molar-refractivity contribution in [2.45, 2.75) is 19.4 Å². The number of alkyl halides is 1. The van der Waals surface area contributed by atoms with E-state index in [9.17, 15) is 12.8 Å². The molecule has 3 N–H and O–H groups in total. The van der Waals surface area contributed by atoms with Gasteiger partial charge in [-0.25, -0.2) is 32.7 Å². The fourth-order valence-electron chi connectivity index (χ4n) is 4.33. The summed E-state index contributed by atoms with van der Waals surface area (Å²) in [5, 5.41) is 0. The van der Waals surface area contributed by atoms with Crippen LogP contribution in [0.15, 0.2) is 48.7 Å². The van der Waals surface area contributed by atoms with Gasteiger partial charge in [-0.1, -0.05) is 6.07 Å². The van der Waals surface area contributed by atoms with E-state index >= 15 is 4.39 Å². The first-order chi connectivity index (χ1) is 18.8. The molecule has 0 unspecified atom stereocenters. The minimum Gasteiger partial charge on any atom is -0.384 e. The second kappa shape index (κ2) is 11.0. The molecule has 0 radical (unpaired) electrons. The van der Waals surface area contributed by atoms with Gasteiger partial charge in [-0.3, -0.25) is 9.11 Å². The molecule has 0 aliphatic carbocycles. The largest absolute Gasteiger partial charge is 0.384 e. The average Bonchev–Trinajstić information content (AvgIpc) is 2.93. The summed E-state index contributed by atoms with van der Waals surface area (Å²) in [6.45, 7) is 2.81. The quantitative estimate of drug-likeness (QED) is 0.333. The molecule has 204 valence electrons. The van der Waals surface area contributed by atoms with E-state index in [0.717, 1.165) is 0 Å². The third-order valence-corrected chi connectivity index (χ3v) is 7.65. The molecule has 13 heteroatoms. The number of sulfonamides is 1. The summed E-state index contributed by atoms with van der Waals surface area (Å²) in [7, 11) is -3.92. The first-order valence-electron chi connectivity index (χ1n) is 12.4. The maximum atomic E-state index is 15.5. The first kappa shape index (κ1) is 26.6. The molecule has 4 aromatic rings. The molecule has 0 spiro atoms. The molecule has 3 aromatic heterocycles. The second-order valence-electron chi connectivity index (χ2n) is 9.15. The number of hydrogen-bond acceptors (Lipinski definition) is 9. The molecule has 39 heavy (non-hydrogen) atoms. The predicted molar refractivity (Wildman–Crippen MR) is 146 cm³/mol. The normalized spacial score (nSPS) is 16.0. The lowest BCUT2D eigenvalue weighted by atomic mass is 10.1. The molecular weight excluding hydrogens is 528 g/mol. The van der Waals surface area contributed by atoms with Crippen LogP contribution in [0.5, 0.6) is 0 Å². The van der Waals surface area contributed by atoms with Crippen LogP contribution in [0.3, 0.4) is 0 Å². The van der Waals surface area contributed by atoms with Crippen molar-refractivity contribution in [2.24, 2.45) is 0 Å². The van der Waals surface area contributed by atoms with Gasteiger partial charge in [-0.2, -0.15) is 0 Å². The van der Waals surface area contributed by atoms with Crippen molar-refractivity contribution >= 4 is 38.4 Å². The fraction of sp³-hybridized carbons (Fsp3) is 0.308. The van der Waals surface area contributed by atoms with E-state index in [2.05, 4.69) is 19.6 Å². The number of nitrogens with one attached hydrogen (secondary N) is 1. The molecule has 0 amide bonds. The lowest BCUT2D eigenvalue weighted by molar-refractivity contribution is 0.0987. The SMILES string of the molecule is C[C@@H]1COCCN1c1nc(-c2ccc(N)nc2)nc2ccc(-c3cccc(NS(=O)(=O)CCCF)c3F)nc12. The van der Waals surface area contributed by atoms with E-state index in [1.54, 1.807) is 30.5 Å². The minimum absolute atomic E-state index is 0.00140. The Kier molecular flexibility index (Phi) is 7.53. The predicted octanol–water partition coefficient (Wildman–Crippen LogP) is 3.80. The highest BCUT2D eigenvalue weighted by Crippen LogP contribution is 2.33. The van der Waals surface area contributed by atoms with Gasteiger partial charge in [0.2, 0.25) is 10.0 Å². The van der Waals surface area contributed by atoms with E-state index in [1.165, 1.54) is 18.2 Å². The Balaban J connectivity index is 1.61. The maximum absolute atomic E-state index is 15.5. The molecule has 1 fully saturated rings. The smallest absolute Gasteiger partial charge is 0.232 e. The van der Waals surface area contributed by atoms with Gasteiger partial charge in [0.05, 0.1) is 48.6 Å². The number of nitrogens with zero attached hydrogens (tertiary/aromatic N) is 5. The van der Waals surface area contributed by atoms with Gasteiger partial charge in [0, 0.05) is 23.9 Å². The number of hydrogen-bond donors (Lipinski definition) is 2. The molecule has 1 aromatic carbocycles. The summed E-state index contributed by atoms with van der Waals surface area (Å²) < 4.78 is 60.3. The number of pyridine rings is 2. The number of anilines is 3. The van der Waals surface area contributed by atoms with Crippen LogP contribution in [-0.4, -0.2) is 66.6 Å². The van der Waals surface area contributed by atoms with E-state index in [-0.39, 0.29) is 29.4 Å². The highest BCUT2D eigenvalue weighted by atomic mass is 32.2. The zero-order valence-corrected chi connectivity index (χ0v) is 22.0. The van der Waals surface area contributed by atoms with E-state index < -0.39 is 28.3 Å². The molecule has 10 nitrogen and oxygen atoms in total. The molecule has 1 saturated heterocycles. The number of rotatable bonds is 8. The van der Waals surface area contributed by atoms with Crippen LogP contribution >= 0.6 is 0 Å². The fourth-order valence-corrected chi connectivity index (χ4v) is 5.41. The van der Waals surface area contributed by atoms with Crippen molar-refractivity contribution in [2.75, 3.05) is 47.5 Å². The van der Waals surface area contributed by atoms with E-state index in [0.29, 0.717) is 53.8 Å². The topological polar surface area (TPSA) is 136 Å². The van der Waals surface area contributed by atoms with Gasteiger partial charge in [0.15, 0.2) is 17.5 Å². The summed E-state index contributed by atoms with van der Waals surface area (Å²) in [6, 6.07) is 11.1. The maximum Gasteiger partial charge on any atom is 0.232 e. The number of halogens is 2. The summed E-state index contributed by atoms with van der Waals surface area (Å²) in [5.41, 5.74) is 7.55. The standard InChI is InChI=1S/C26H27F2N7O3S/c1-16-15-38-12-11-35(16)26-24-21(32-25(33-26)17-6-9-22(29)30-14-17)8-7-19(31-24)18-4-2-5-20(23(18)28)34-39(36,37)13-3-10-27/h2,4-9,14,16,34H,3,10-13,15H2,1H3,(H2,29,30)/t16-/m1/s1. The van der Waals surface area contributed by atoms with Crippen molar-refractivity contribution in [1.82, 2.24) is 19.9 Å². The van der Waals surface area contributed by atoms with Crippen LogP contribution in [0.4, 0.5) is 26.1 Å². The monoisotopic (exact) mass is 555 g/mol. The zero-order valence-electron chi connectivity index (χ0n) is 21.1. The number of aromatic nitrogens is 4. The van der Waals surface area contributed by atoms with Gasteiger partial charge in [-0.15, -0.1) is 0 Å². The minimum atomic E-state index is -3.92. The second-order valence-corrected chi connectivity index (χ2v) is 11.0. The Bertz CT molecular complexity index is 1600. The number of benzene rings is 1. The highest BCUT2D eigenvalue weighted by molar-refractivity contribution is 7.92. The van der Waals surface area contributed by atoms with Crippen molar-refractivity contribution in [3.05, 3.63) is 54.5 Å². The van der Waals surface area contributed by atoms with Crippen LogP contribution in [0.25, 0.3) is 33.7 Å². The van der Waals surface area contributed by atoms with Gasteiger partial charge >= 0.3 is 0 Å². The van der Waals surface area contributed by atoms with Crippen molar-refractivity contribution in [3.63, 3.8) is 0 Å². The van der Waals surface area contributed by atoms with Crippen molar-refractivity contribution in [3.8, 4) is 22.6 Å². The Morgan fingerprint density at radius 2 is 2.00 bits per heavy atom. The van der Waals surface area contributed by atoms with Crippen LogP contribution < -0.4 is 15.4 Å². The highest BCUT2D eigenvalue weighted by Gasteiger charge is 2.25. The van der Waals surface area contributed by atoms with E-state index in [4.69, 9.17) is 20.4 Å². The van der Waals surface area contributed by atoms with E-state index in [1.807, 2.05) is 6.92 Å². The van der Waals surface area contributed by atoms with Crippen LogP contribution in [0, 0.1) is 5.82 Å². The van der Waals surface area contributed by atoms with Gasteiger partial charge in [0.1, 0.15) is 11.3 Å². The number of nitrogen functional groups attached to an aromatic ring is 1. The zero-order chi connectivity index (χ0) is 27.6. The van der Waals surface area contributed by atoms with Crippen LogP contribution in [0.2, 0.25) is 0 Å². The number of ether oxygens (including phenoxy) is 1. The number of nitrogens with two attached hydrogens (primary N) is 1. The average molecular weight is 556 g/mol. The Labute approximate surface area is 224 Å². The van der Waals surface area contributed by atoms with Gasteiger partial charge in [0.25, 0.3) is 0 Å². The lowest BCUT2D eigenvalue weighted by Crippen LogP contribution is -2.44. The third kappa shape index (κ3) is 5.73. The molecule has 1 atom stereocenters. The lowest BCUT2D eigenvalue weighted by Gasteiger charge is -2.34. The molecule has 1 aliphatic heterocycles. The number of fused-ring (bicyclic) bond motifs is 1. The van der Waals surface area contributed by atoms with Gasteiger partial charge in [-0.05, 0) is 49.7 Å². The van der Waals surface area contributed by atoms with Gasteiger partial charge < -0.3 is 15.4 Å². The summed E-state index contributed by atoms with van der Waals surface area (Å²) >= 11 is 0. The Hall–Kier alpha value is -3.97. The molecular formula is C26H27F2N7O3S. The molecule has 5 rings (SSSR count). The number of morpholine rings is 1. The summed E-state index contributed by atoms with van der Waals surface area (Å²) in [5.74, 6) is 0.134. The Morgan fingerprint density at radius 1 is 1.15 bits per heavy atom.